The number of hydrogen-bond acceptors (Lipinski definition) is 2. The van der Waals surface area contributed by atoms with Crippen LogP contribution in [0.4, 0.5) is 5.69 Å². The van der Waals surface area contributed by atoms with Crippen LogP contribution in [0.2, 0.25) is 0 Å². The molecule has 0 aliphatic carbocycles. The number of para-hydroxylation sites is 1. The summed E-state index contributed by atoms with van der Waals surface area (Å²) in [5.74, 6) is -0.330. The summed E-state index contributed by atoms with van der Waals surface area (Å²) in [6.45, 7) is 4.34. The number of aromatic amines is 1. The van der Waals surface area contributed by atoms with Crippen LogP contribution in [-0.4, -0.2) is 16.0 Å². The number of aromatic nitrogens is 1. The molecule has 0 spiro atoms. The zero-order valence-corrected chi connectivity index (χ0v) is 18.3. The van der Waals surface area contributed by atoms with Gasteiger partial charge in [-0.15, -0.1) is 0 Å². The Morgan fingerprint density at radius 2 is 1.77 bits per heavy atom. The van der Waals surface area contributed by atoms with Gasteiger partial charge in [0.1, 0.15) is 0 Å². The van der Waals surface area contributed by atoms with E-state index in [0.29, 0.717) is 17.7 Å². The van der Waals surface area contributed by atoms with Gasteiger partial charge in [0.25, 0.3) is 5.91 Å². The number of aryl methyl sites for hydroxylation is 2. The first kappa shape index (κ1) is 19.1. The van der Waals surface area contributed by atoms with Gasteiger partial charge in [0.15, 0.2) is 5.60 Å². The largest absolute Gasteiger partial charge is 0.372 e. The number of fused-ring (bicyclic) bond motifs is 2. The highest BCUT2D eigenvalue weighted by atomic mass is 79.9. The molecule has 0 unspecified atom stereocenters. The third-order valence-electron chi connectivity index (χ3n) is 5.91. The van der Waals surface area contributed by atoms with Crippen molar-refractivity contribution < 1.29 is 9.90 Å². The Bertz CT molecular complexity index is 1290. The molecular weight excluding hydrogens is 440 g/mol. The van der Waals surface area contributed by atoms with Gasteiger partial charge in [-0.1, -0.05) is 64.0 Å². The summed E-state index contributed by atoms with van der Waals surface area (Å²) < 4.78 is 0.821. The van der Waals surface area contributed by atoms with Crippen LogP contribution in [0.5, 0.6) is 0 Å². The second-order valence-corrected chi connectivity index (χ2v) is 8.84. The van der Waals surface area contributed by atoms with Crippen LogP contribution < -0.4 is 4.90 Å². The first-order valence-electron chi connectivity index (χ1n) is 9.87. The summed E-state index contributed by atoms with van der Waals surface area (Å²) in [5, 5.41) is 12.9. The molecule has 4 nitrogen and oxygen atoms in total. The van der Waals surface area contributed by atoms with Gasteiger partial charge in [-0.3, -0.25) is 4.79 Å². The second-order valence-electron chi connectivity index (χ2n) is 7.92. The number of benzene rings is 3. The molecule has 0 radical (unpaired) electrons. The van der Waals surface area contributed by atoms with Crippen molar-refractivity contribution in [1.82, 2.24) is 4.98 Å². The average molecular weight is 461 g/mol. The number of amides is 1. The summed E-state index contributed by atoms with van der Waals surface area (Å²) in [7, 11) is 0. The molecule has 1 aliphatic heterocycles. The number of nitrogens with one attached hydrogen (secondary N) is 1. The molecule has 5 heteroatoms. The van der Waals surface area contributed by atoms with Crippen molar-refractivity contribution in [3.05, 3.63) is 99.2 Å². The Kier molecular flexibility index (Phi) is 4.34. The zero-order valence-electron chi connectivity index (χ0n) is 16.7. The van der Waals surface area contributed by atoms with Crippen LogP contribution in [0.1, 0.15) is 27.9 Å². The lowest BCUT2D eigenvalue weighted by molar-refractivity contribution is -0.132. The van der Waals surface area contributed by atoms with Crippen molar-refractivity contribution in [2.24, 2.45) is 0 Å². The number of aliphatic hydroxyl groups is 1. The van der Waals surface area contributed by atoms with E-state index in [9.17, 15) is 9.90 Å². The van der Waals surface area contributed by atoms with E-state index in [1.165, 1.54) is 5.56 Å². The summed E-state index contributed by atoms with van der Waals surface area (Å²) in [5.41, 5.74) is 4.07. The lowest BCUT2D eigenvalue weighted by Gasteiger charge is -2.24. The maximum atomic E-state index is 13.8. The van der Waals surface area contributed by atoms with E-state index in [-0.39, 0.29) is 5.91 Å². The second kappa shape index (κ2) is 6.83. The summed E-state index contributed by atoms with van der Waals surface area (Å²) in [4.78, 5) is 18.8. The van der Waals surface area contributed by atoms with Crippen molar-refractivity contribution in [3.8, 4) is 0 Å². The molecule has 3 aromatic carbocycles. The zero-order chi connectivity index (χ0) is 21.0. The van der Waals surface area contributed by atoms with Crippen LogP contribution in [-0.2, 0) is 16.9 Å². The van der Waals surface area contributed by atoms with E-state index in [1.807, 2.05) is 80.6 Å². The van der Waals surface area contributed by atoms with Gasteiger partial charge in [0.05, 0.1) is 12.2 Å². The van der Waals surface area contributed by atoms with Crippen LogP contribution >= 0.6 is 15.9 Å². The highest BCUT2D eigenvalue weighted by Crippen LogP contribution is 2.48. The smallest absolute Gasteiger partial charge is 0.268 e. The highest BCUT2D eigenvalue weighted by molar-refractivity contribution is 9.10. The fourth-order valence-electron chi connectivity index (χ4n) is 4.47. The maximum absolute atomic E-state index is 13.8. The lowest BCUT2D eigenvalue weighted by atomic mass is 9.85. The number of anilines is 1. The maximum Gasteiger partial charge on any atom is 0.268 e. The monoisotopic (exact) mass is 460 g/mol. The van der Waals surface area contributed by atoms with Gasteiger partial charge in [0, 0.05) is 32.2 Å². The number of carbonyl (C=O) groups excluding carboxylic acids is 1. The summed E-state index contributed by atoms with van der Waals surface area (Å²) in [6.07, 6.45) is 0. The number of nitrogens with zero attached hydrogens (tertiary/aromatic N) is 1. The molecule has 0 saturated carbocycles. The molecule has 1 aromatic heterocycles. The molecule has 1 aliphatic rings. The molecule has 30 heavy (non-hydrogen) atoms. The topological polar surface area (TPSA) is 56.3 Å². The molecule has 2 heterocycles. The predicted octanol–water partition coefficient (Wildman–Crippen LogP) is 5.33. The van der Waals surface area contributed by atoms with Crippen LogP contribution in [0, 0.1) is 13.8 Å². The van der Waals surface area contributed by atoms with Gasteiger partial charge in [0.2, 0.25) is 0 Å². The number of halogens is 1. The molecule has 0 bridgehead atoms. The van der Waals surface area contributed by atoms with Crippen molar-refractivity contribution in [1.29, 1.82) is 0 Å². The summed E-state index contributed by atoms with van der Waals surface area (Å²) >= 11 is 3.51. The minimum Gasteiger partial charge on any atom is -0.372 e. The van der Waals surface area contributed by atoms with Crippen molar-refractivity contribution >= 4 is 38.4 Å². The molecule has 0 fully saturated rings. The number of H-pyrrole nitrogens is 1. The predicted molar refractivity (Wildman–Crippen MR) is 123 cm³/mol. The highest BCUT2D eigenvalue weighted by Gasteiger charge is 2.53. The van der Waals surface area contributed by atoms with Crippen molar-refractivity contribution in [2.45, 2.75) is 26.0 Å². The van der Waals surface area contributed by atoms with Gasteiger partial charge >= 0.3 is 0 Å². The van der Waals surface area contributed by atoms with Crippen molar-refractivity contribution in [3.63, 3.8) is 0 Å². The van der Waals surface area contributed by atoms with Gasteiger partial charge in [-0.05, 0) is 43.7 Å². The Morgan fingerprint density at radius 1 is 1.03 bits per heavy atom. The lowest BCUT2D eigenvalue weighted by Crippen LogP contribution is -2.41. The summed E-state index contributed by atoms with van der Waals surface area (Å²) in [6, 6.07) is 21.5. The van der Waals surface area contributed by atoms with Crippen molar-refractivity contribution in [2.75, 3.05) is 4.90 Å². The minimum atomic E-state index is -1.76. The first-order chi connectivity index (χ1) is 14.4. The van der Waals surface area contributed by atoms with Gasteiger partial charge in [-0.2, -0.15) is 0 Å². The van der Waals surface area contributed by atoms with Gasteiger partial charge in [-0.25, -0.2) is 0 Å². The van der Waals surface area contributed by atoms with E-state index in [1.54, 1.807) is 4.90 Å². The van der Waals surface area contributed by atoms with E-state index in [2.05, 4.69) is 20.9 Å². The number of rotatable bonds is 3. The van der Waals surface area contributed by atoms with E-state index in [0.717, 1.165) is 32.3 Å². The number of carbonyl (C=O) groups is 1. The molecular formula is C25H21BrN2O2. The third-order valence-corrected chi connectivity index (χ3v) is 6.40. The molecule has 4 aromatic rings. The SMILES string of the molecule is Cc1ccc(CN2C(=O)[C@@](O)(c3c(C)[nH]c4ccccc34)c3cc(Br)ccc32)cc1. The molecule has 2 N–H and O–H groups in total. The molecule has 0 saturated heterocycles. The fourth-order valence-corrected chi connectivity index (χ4v) is 4.83. The first-order valence-corrected chi connectivity index (χ1v) is 10.7. The Morgan fingerprint density at radius 3 is 2.53 bits per heavy atom. The standard InChI is InChI=1S/C25H21BrN2O2/c1-15-7-9-17(10-8-15)14-28-22-12-11-18(26)13-20(22)25(30,24(28)29)23-16(2)27-21-6-4-3-5-19(21)23/h3-13,27,30H,14H2,1-2H3/t25-/m0/s1. The quantitative estimate of drug-likeness (QED) is 0.434. The Balaban J connectivity index is 1.71. The molecule has 1 amide bonds. The average Bonchev–Trinajstić information content (AvgIpc) is 3.17. The van der Waals surface area contributed by atoms with Crippen LogP contribution in [0.3, 0.4) is 0 Å². The Labute approximate surface area is 183 Å². The normalized spacial score (nSPS) is 18.3. The molecule has 5 rings (SSSR count). The number of hydrogen-bond donors (Lipinski definition) is 2. The third kappa shape index (κ3) is 2.73. The minimum absolute atomic E-state index is 0.330. The van der Waals surface area contributed by atoms with E-state index >= 15 is 0 Å². The molecule has 1 atom stereocenters. The van der Waals surface area contributed by atoms with Crippen LogP contribution in [0.25, 0.3) is 10.9 Å². The van der Waals surface area contributed by atoms with E-state index < -0.39 is 5.60 Å². The van der Waals surface area contributed by atoms with Gasteiger partial charge < -0.3 is 15.0 Å². The fraction of sp³-hybridized carbons (Fsp3) is 0.160. The molecule has 150 valence electrons. The van der Waals surface area contributed by atoms with Crippen LogP contribution in [0.15, 0.2) is 71.2 Å². The Hall–Kier alpha value is -2.89. The van der Waals surface area contributed by atoms with E-state index in [4.69, 9.17) is 0 Å².